The van der Waals surface area contributed by atoms with Crippen LogP contribution in [0.2, 0.25) is 0 Å². The summed E-state index contributed by atoms with van der Waals surface area (Å²) in [6, 6.07) is 5.39. The molecule has 33 heavy (non-hydrogen) atoms. The Labute approximate surface area is 194 Å². The zero-order valence-corrected chi connectivity index (χ0v) is 20.0. The van der Waals surface area contributed by atoms with E-state index >= 15 is 0 Å². The van der Waals surface area contributed by atoms with Gasteiger partial charge in [-0.1, -0.05) is 19.9 Å². The fourth-order valence-corrected chi connectivity index (χ4v) is 6.34. The van der Waals surface area contributed by atoms with Crippen LogP contribution >= 0.6 is 0 Å². The Kier molecular flexibility index (Phi) is 5.84. The molecule has 0 unspecified atom stereocenters. The number of rotatable bonds is 5. The molecule has 4 aliphatic heterocycles. The molecule has 4 saturated heterocycles. The van der Waals surface area contributed by atoms with Crippen LogP contribution in [0.15, 0.2) is 18.2 Å². The van der Waals surface area contributed by atoms with Crippen LogP contribution in [0.4, 0.5) is 0 Å². The summed E-state index contributed by atoms with van der Waals surface area (Å²) >= 11 is 0. The molecule has 4 heterocycles. The molecule has 0 amide bonds. The minimum Gasteiger partial charge on any atom is -0.493 e. The number of fused-ring (bicyclic) bond motifs is 2. The average molecular weight is 463 g/mol. The largest absolute Gasteiger partial charge is 0.493 e. The molecule has 1 saturated carbocycles. The van der Waals surface area contributed by atoms with E-state index in [0.717, 1.165) is 31.2 Å². The van der Waals surface area contributed by atoms with Crippen LogP contribution in [0.3, 0.4) is 0 Å². The van der Waals surface area contributed by atoms with Gasteiger partial charge in [0.15, 0.2) is 23.4 Å². The van der Waals surface area contributed by atoms with Gasteiger partial charge in [0.05, 0.1) is 20.6 Å². The summed E-state index contributed by atoms with van der Waals surface area (Å²) in [6.45, 7) is 6.23. The van der Waals surface area contributed by atoms with Gasteiger partial charge in [-0.15, -0.1) is 0 Å². The van der Waals surface area contributed by atoms with Gasteiger partial charge in [0.25, 0.3) is 0 Å². The molecular formula is C25H34O8. The van der Waals surface area contributed by atoms with Crippen LogP contribution in [-0.4, -0.2) is 44.2 Å². The fraction of sp³-hybridized carbons (Fsp3) is 0.720. The molecule has 0 radical (unpaired) electrons. The lowest BCUT2D eigenvalue weighted by atomic mass is 9.58. The maximum absolute atomic E-state index is 12.9. The van der Waals surface area contributed by atoms with Crippen molar-refractivity contribution in [3.63, 3.8) is 0 Å². The number of ether oxygens (including phenoxy) is 5. The molecule has 1 aromatic rings. The monoisotopic (exact) mass is 462 g/mol. The van der Waals surface area contributed by atoms with Gasteiger partial charge >= 0.3 is 5.97 Å². The SMILES string of the molecule is COc1ccc(CC(=O)O[C@@H]2O[C@@H]3O[C@@]4(C)CC[C@H]5[C@H](C)CC[C@H]([C@H]2C)[C@@]35OO4)cc1OC. The van der Waals surface area contributed by atoms with Crippen molar-refractivity contribution in [3.05, 3.63) is 23.8 Å². The number of carbonyl (C=O) groups excluding carboxylic acids is 1. The second-order valence-corrected chi connectivity index (χ2v) is 10.1. The lowest BCUT2D eigenvalue weighted by molar-refractivity contribution is -0.576. The summed E-state index contributed by atoms with van der Waals surface area (Å²) in [5, 5.41) is 0. The Balaban J connectivity index is 1.34. The van der Waals surface area contributed by atoms with Gasteiger partial charge < -0.3 is 23.7 Å². The topological polar surface area (TPSA) is 81.7 Å². The van der Waals surface area contributed by atoms with E-state index in [4.69, 9.17) is 33.5 Å². The highest BCUT2D eigenvalue weighted by atomic mass is 17.3. The number of methoxy groups -OCH3 is 2. The highest BCUT2D eigenvalue weighted by Gasteiger charge is 2.69. The Hall–Kier alpha value is -1.87. The van der Waals surface area contributed by atoms with Gasteiger partial charge in [0, 0.05) is 18.3 Å². The number of benzene rings is 1. The van der Waals surface area contributed by atoms with Crippen molar-refractivity contribution in [2.45, 2.75) is 76.8 Å². The van der Waals surface area contributed by atoms with Gasteiger partial charge in [-0.3, -0.25) is 4.79 Å². The Morgan fingerprint density at radius 3 is 2.61 bits per heavy atom. The highest BCUT2D eigenvalue weighted by molar-refractivity contribution is 5.73. The van der Waals surface area contributed by atoms with E-state index < -0.39 is 24.0 Å². The van der Waals surface area contributed by atoms with E-state index in [1.165, 1.54) is 0 Å². The molecule has 1 spiro atoms. The first-order valence-corrected chi connectivity index (χ1v) is 11.9. The number of carbonyl (C=O) groups is 1. The molecule has 0 N–H and O–H groups in total. The van der Waals surface area contributed by atoms with E-state index in [0.29, 0.717) is 17.4 Å². The van der Waals surface area contributed by atoms with Gasteiger partial charge in [-0.05, 0) is 55.7 Å². The second-order valence-electron chi connectivity index (χ2n) is 10.1. The first kappa shape index (κ1) is 22.9. The minimum atomic E-state index is -0.855. The third-order valence-corrected chi connectivity index (χ3v) is 8.14. The van der Waals surface area contributed by atoms with Gasteiger partial charge in [0.1, 0.15) is 0 Å². The van der Waals surface area contributed by atoms with Crippen LogP contribution in [0.25, 0.3) is 0 Å². The van der Waals surface area contributed by atoms with E-state index in [-0.39, 0.29) is 30.1 Å². The molecule has 5 fully saturated rings. The number of hydrogen-bond donors (Lipinski definition) is 0. The zero-order valence-electron chi connectivity index (χ0n) is 20.0. The zero-order chi connectivity index (χ0) is 23.4. The normalized spacial score (nSPS) is 41.6. The van der Waals surface area contributed by atoms with Crippen molar-refractivity contribution < 1.29 is 38.3 Å². The van der Waals surface area contributed by atoms with Crippen LogP contribution in [0, 0.1) is 23.7 Å². The Morgan fingerprint density at radius 1 is 1.06 bits per heavy atom. The lowest BCUT2D eigenvalue weighted by Gasteiger charge is -2.59. The molecule has 182 valence electrons. The first-order valence-electron chi connectivity index (χ1n) is 11.9. The van der Waals surface area contributed by atoms with E-state index in [9.17, 15) is 4.79 Å². The highest BCUT2D eigenvalue weighted by Crippen LogP contribution is 2.60. The Morgan fingerprint density at radius 2 is 1.85 bits per heavy atom. The third-order valence-electron chi connectivity index (χ3n) is 8.14. The van der Waals surface area contributed by atoms with Gasteiger partial charge in [-0.2, -0.15) is 0 Å². The van der Waals surface area contributed by atoms with Crippen molar-refractivity contribution in [2.75, 3.05) is 14.2 Å². The quantitative estimate of drug-likeness (QED) is 0.480. The van der Waals surface area contributed by atoms with Gasteiger partial charge in [-0.25, -0.2) is 9.78 Å². The average Bonchev–Trinajstić information content (AvgIpc) is 3.03. The van der Waals surface area contributed by atoms with E-state index in [1.807, 2.05) is 13.0 Å². The molecule has 6 rings (SSSR count). The predicted octanol–water partition coefficient (Wildman–Crippen LogP) is 4.00. The summed E-state index contributed by atoms with van der Waals surface area (Å²) in [5.41, 5.74) is 0.109. The van der Waals surface area contributed by atoms with Crippen molar-refractivity contribution in [3.8, 4) is 11.5 Å². The maximum Gasteiger partial charge on any atom is 0.312 e. The summed E-state index contributed by atoms with van der Waals surface area (Å²) < 4.78 is 29.1. The third kappa shape index (κ3) is 3.71. The molecule has 1 aromatic carbocycles. The molecule has 1 aliphatic carbocycles. The molecule has 8 nitrogen and oxygen atoms in total. The van der Waals surface area contributed by atoms with Crippen LogP contribution < -0.4 is 9.47 Å². The summed E-state index contributed by atoms with van der Waals surface area (Å²) in [4.78, 5) is 24.9. The Bertz CT molecular complexity index is 904. The van der Waals surface area contributed by atoms with Crippen LogP contribution in [0.5, 0.6) is 11.5 Å². The molecular weight excluding hydrogens is 428 g/mol. The maximum atomic E-state index is 12.9. The molecule has 5 aliphatic rings. The summed E-state index contributed by atoms with van der Waals surface area (Å²) in [6.07, 6.45) is 2.52. The van der Waals surface area contributed by atoms with Crippen molar-refractivity contribution >= 4 is 5.97 Å². The molecule has 0 aromatic heterocycles. The van der Waals surface area contributed by atoms with Crippen LogP contribution in [-0.2, 0) is 35.2 Å². The minimum absolute atomic E-state index is 0.0553. The first-order chi connectivity index (χ1) is 15.8. The van der Waals surface area contributed by atoms with E-state index in [2.05, 4.69) is 13.8 Å². The predicted molar refractivity (Wildman–Crippen MR) is 116 cm³/mol. The van der Waals surface area contributed by atoms with Crippen molar-refractivity contribution in [1.82, 2.24) is 0 Å². The summed E-state index contributed by atoms with van der Waals surface area (Å²) in [5.74, 6) is 0.779. The molecule has 2 bridgehead atoms. The molecule has 8 heteroatoms. The van der Waals surface area contributed by atoms with Gasteiger partial charge in [0.2, 0.25) is 12.1 Å². The van der Waals surface area contributed by atoms with Crippen LogP contribution in [0.1, 0.15) is 52.0 Å². The molecule has 8 atom stereocenters. The van der Waals surface area contributed by atoms with E-state index in [1.54, 1.807) is 26.4 Å². The second kappa shape index (κ2) is 8.41. The number of hydrogen-bond acceptors (Lipinski definition) is 8. The smallest absolute Gasteiger partial charge is 0.312 e. The standard InChI is InChI=1S/C25H34O8/c1-14-6-8-18-15(2)22(29-21(26)13-16-7-9-19(27-4)20(12-16)28-5)30-23-25(18)17(14)10-11-24(3,31-23)32-33-25/h7,9,12,14-15,17-18,22-23H,6,8,10-11,13H2,1-5H3/t14-,15-,17+,18-,22-,23-,24-,25-/m1/s1. The fourth-order valence-electron chi connectivity index (χ4n) is 6.34. The van der Waals surface area contributed by atoms with Crippen molar-refractivity contribution in [1.29, 1.82) is 0 Å². The van der Waals surface area contributed by atoms with Crippen molar-refractivity contribution in [2.24, 2.45) is 23.7 Å². The summed E-state index contributed by atoms with van der Waals surface area (Å²) in [7, 11) is 3.15. The number of esters is 1. The lowest BCUT2D eigenvalue weighted by Crippen LogP contribution is -2.70.